The van der Waals surface area contributed by atoms with Crippen LogP contribution in [-0.2, 0) is 17.8 Å². The second kappa shape index (κ2) is 6.92. The lowest BCUT2D eigenvalue weighted by Gasteiger charge is -2.05. The minimum atomic E-state index is -0.0580. The molecule has 0 unspecified atom stereocenters. The monoisotopic (exact) mass is 305 g/mol. The Bertz CT molecular complexity index is 793. The van der Waals surface area contributed by atoms with Crippen LogP contribution in [0.5, 0.6) is 0 Å². The molecule has 0 fully saturated rings. The van der Waals surface area contributed by atoms with Crippen molar-refractivity contribution in [1.29, 1.82) is 0 Å². The van der Waals surface area contributed by atoms with E-state index in [0.29, 0.717) is 18.8 Å². The van der Waals surface area contributed by atoms with Gasteiger partial charge in [-0.1, -0.05) is 54.6 Å². The molecule has 1 amide bonds. The van der Waals surface area contributed by atoms with Crippen molar-refractivity contribution >= 4 is 11.7 Å². The van der Waals surface area contributed by atoms with E-state index >= 15 is 0 Å². The molecule has 0 radical (unpaired) electrons. The molecule has 4 heteroatoms. The Hall–Kier alpha value is -2.88. The highest BCUT2D eigenvalue weighted by Gasteiger charge is 2.07. The maximum absolute atomic E-state index is 12.0. The number of carbonyl (C=O) groups excluding carboxylic acids is 1. The quantitative estimate of drug-likeness (QED) is 0.785. The molecule has 3 aromatic rings. The summed E-state index contributed by atoms with van der Waals surface area (Å²) in [6.07, 6.45) is 2.23. The predicted octanol–water partition coefficient (Wildman–Crippen LogP) is 3.42. The fourth-order valence-electron chi connectivity index (χ4n) is 2.45. The number of aromatic nitrogens is 2. The molecule has 3 rings (SSSR count). The Balaban J connectivity index is 1.61. The second-order valence-corrected chi connectivity index (χ2v) is 5.54. The Kier molecular flexibility index (Phi) is 4.52. The van der Waals surface area contributed by atoms with Crippen molar-refractivity contribution in [1.82, 2.24) is 9.78 Å². The average Bonchev–Trinajstić information content (AvgIpc) is 2.97. The van der Waals surface area contributed by atoms with Crippen LogP contribution in [0.15, 0.2) is 66.9 Å². The number of benzene rings is 2. The molecule has 0 atom stereocenters. The zero-order valence-corrected chi connectivity index (χ0v) is 13.1. The Labute approximate surface area is 135 Å². The van der Waals surface area contributed by atoms with Crippen molar-refractivity contribution < 1.29 is 4.79 Å². The van der Waals surface area contributed by atoms with Crippen molar-refractivity contribution in [2.24, 2.45) is 0 Å². The van der Waals surface area contributed by atoms with Gasteiger partial charge in [-0.05, 0) is 23.6 Å². The minimum absolute atomic E-state index is 0.0580. The number of hydrogen-bond donors (Lipinski definition) is 1. The predicted molar refractivity (Wildman–Crippen MR) is 91.3 cm³/mol. The molecule has 1 aromatic heterocycles. The van der Waals surface area contributed by atoms with Crippen molar-refractivity contribution in [2.45, 2.75) is 19.9 Å². The molecule has 0 aliphatic rings. The molecular formula is C19H19N3O. The van der Waals surface area contributed by atoms with E-state index < -0.39 is 0 Å². The van der Waals surface area contributed by atoms with Crippen LogP contribution in [-0.4, -0.2) is 15.7 Å². The number of amides is 1. The van der Waals surface area contributed by atoms with Gasteiger partial charge in [0.1, 0.15) is 0 Å². The van der Waals surface area contributed by atoms with E-state index in [1.165, 1.54) is 11.1 Å². The smallest absolute Gasteiger partial charge is 0.229 e. The lowest BCUT2D eigenvalue weighted by Crippen LogP contribution is -2.15. The molecule has 0 spiro atoms. The molecule has 2 aromatic carbocycles. The van der Waals surface area contributed by atoms with Crippen LogP contribution < -0.4 is 5.32 Å². The fourth-order valence-corrected chi connectivity index (χ4v) is 2.45. The lowest BCUT2D eigenvalue weighted by molar-refractivity contribution is -0.115. The molecule has 23 heavy (non-hydrogen) atoms. The minimum Gasteiger partial charge on any atom is -0.309 e. The molecule has 1 N–H and O–H groups in total. The summed E-state index contributed by atoms with van der Waals surface area (Å²) in [5.74, 6) is 0.525. The highest BCUT2D eigenvalue weighted by molar-refractivity contribution is 5.91. The van der Waals surface area contributed by atoms with E-state index in [9.17, 15) is 4.79 Å². The largest absolute Gasteiger partial charge is 0.309 e. The molecule has 1 heterocycles. The molecule has 0 aliphatic heterocycles. The Morgan fingerprint density at radius 3 is 2.57 bits per heavy atom. The third kappa shape index (κ3) is 4.07. The number of aryl methyl sites for hydroxylation is 1. The van der Waals surface area contributed by atoms with Crippen LogP contribution >= 0.6 is 0 Å². The summed E-state index contributed by atoms with van der Waals surface area (Å²) in [6.45, 7) is 2.78. The normalized spacial score (nSPS) is 10.5. The van der Waals surface area contributed by atoms with Gasteiger partial charge in [0.05, 0.1) is 13.0 Å². The number of hydrogen-bond acceptors (Lipinski definition) is 2. The molecule has 4 nitrogen and oxygen atoms in total. The summed E-state index contributed by atoms with van der Waals surface area (Å²) in [6, 6.07) is 19.7. The third-order valence-electron chi connectivity index (χ3n) is 3.71. The number of rotatable bonds is 5. The standard InChI is InChI=1S/C19H19N3O/c1-15-7-5-6-10-17(15)14-22-12-11-18(21-22)20-19(23)13-16-8-3-2-4-9-16/h2-12H,13-14H2,1H3,(H,20,21,23). The summed E-state index contributed by atoms with van der Waals surface area (Å²) < 4.78 is 1.83. The summed E-state index contributed by atoms with van der Waals surface area (Å²) >= 11 is 0. The van der Waals surface area contributed by atoms with Crippen LogP contribution in [0.3, 0.4) is 0 Å². The first-order chi connectivity index (χ1) is 11.2. The third-order valence-corrected chi connectivity index (χ3v) is 3.71. The van der Waals surface area contributed by atoms with Gasteiger partial charge in [-0.15, -0.1) is 0 Å². The van der Waals surface area contributed by atoms with Crippen LogP contribution in [0, 0.1) is 6.92 Å². The van der Waals surface area contributed by atoms with Gasteiger partial charge in [0.15, 0.2) is 5.82 Å². The maximum atomic E-state index is 12.0. The first-order valence-electron chi connectivity index (χ1n) is 7.62. The van der Waals surface area contributed by atoms with Gasteiger partial charge < -0.3 is 5.32 Å². The van der Waals surface area contributed by atoms with E-state index in [1.54, 1.807) is 0 Å². The van der Waals surface area contributed by atoms with Crippen molar-refractivity contribution in [3.63, 3.8) is 0 Å². The van der Waals surface area contributed by atoms with Gasteiger partial charge in [-0.2, -0.15) is 5.10 Å². The average molecular weight is 305 g/mol. The van der Waals surface area contributed by atoms with Gasteiger partial charge in [-0.3, -0.25) is 9.48 Å². The van der Waals surface area contributed by atoms with Crippen LogP contribution in [0.1, 0.15) is 16.7 Å². The van der Waals surface area contributed by atoms with E-state index in [4.69, 9.17) is 0 Å². The maximum Gasteiger partial charge on any atom is 0.229 e. The van der Waals surface area contributed by atoms with Crippen molar-refractivity contribution in [3.05, 3.63) is 83.6 Å². The number of nitrogens with zero attached hydrogens (tertiary/aromatic N) is 2. The first-order valence-corrected chi connectivity index (χ1v) is 7.62. The summed E-state index contributed by atoms with van der Waals surface area (Å²) in [5.41, 5.74) is 3.44. The Morgan fingerprint density at radius 1 is 1.04 bits per heavy atom. The topological polar surface area (TPSA) is 46.9 Å². The highest BCUT2D eigenvalue weighted by atomic mass is 16.1. The molecule has 0 saturated carbocycles. The summed E-state index contributed by atoms with van der Waals surface area (Å²) in [7, 11) is 0. The molecule has 0 saturated heterocycles. The fraction of sp³-hybridized carbons (Fsp3) is 0.158. The van der Waals surface area contributed by atoms with Gasteiger partial charge >= 0.3 is 0 Å². The number of anilines is 1. The zero-order valence-electron chi connectivity index (χ0n) is 13.1. The molecule has 0 bridgehead atoms. The number of nitrogens with one attached hydrogen (secondary N) is 1. The van der Waals surface area contributed by atoms with E-state index in [1.807, 2.05) is 59.4 Å². The second-order valence-electron chi connectivity index (χ2n) is 5.54. The van der Waals surface area contributed by atoms with Gasteiger partial charge in [-0.25, -0.2) is 0 Å². The molecule has 116 valence electrons. The van der Waals surface area contributed by atoms with E-state index in [-0.39, 0.29) is 5.91 Å². The summed E-state index contributed by atoms with van der Waals surface area (Å²) in [4.78, 5) is 12.0. The van der Waals surface area contributed by atoms with E-state index in [0.717, 1.165) is 5.56 Å². The SMILES string of the molecule is Cc1ccccc1Cn1ccc(NC(=O)Cc2ccccc2)n1. The first kappa shape index (κ1) is 15.0. The lowest BCUT2D eigenvalue weighted by atomic mass is 10.1. The van der Waals surface area contributed by atoms with Crippen LogP contribution in [0.4, 0.5) is 5.82 Å². The van der Waals surface area contributed by atoms with Gasteiger partial charge in [0, 0.05) is 12.3 Å². The van der Waals surface area contributed by atoms with Crippen molar-refractivity contribution in [3.8, 4) is 0 Å². The van der Waals surface area contributed by atoms with Crippen molar-refractivity contribution in [2.75, 3.05) is 5.32 Å². The zero-order chi connectivity index (χ0) is 16.1. The van der Waals surface area contributed by atoms with Gasteiger partial charge in [0.25, 0.3) is 0 Å². The van der Waals surface area contributed by atoms with Gasteiger partial charge in [0.2, 0.25) is 5.91 Å². The molecular weight excluding hydrogens is 286 g/mol. The summed E-state index contributed by atoms with van der Waals surface area (Å²) in [5, 5.41) is 7.25. The Morgan fingerprint density at radius 2 is 1.78 bits per heavy atom. The number of carbonyl (C=O) groups is 1. The van der Waals surface area contributed by atoms with E-state index in [2.05, 4.69) is 29.5 Å². The highest BCUT2D eigenvalue weighted by Crippen LogP contribution is 2.11. The van der Waals surface area contributed by atoms with Crippen LogP contribution in [0.25, 0.3) is 0 Å². The van der Waals surface area contributed by atoms with Crippen LogP contribution in [0.2, 0.25) is 0 Å². The molecule has 0 aliphatic carbocycles.